The van der Waals surface area contributed by atoms with E-state index in [-0.39, 0.29) is 12.0 Å². The molecule has 94 valence electrons. The van der Waals surface area contributed by atoms with Crippen LogP contribution in [-0.2, 0) is 10.2 Å². The summed E-state index contributed by atoms with van der Waals surface area (Å²) in [6.07, 6.45) is 3.40. The number of hydrogen-bond acceptors (Lipinski definition) is 3. The molecule has 16 heavy (non-hydrogen) atoms. The Morgan fingerprint density at radius 2 is 2.19 bits per heavy atom. The second kappa shape index (κ2) is 5.90. The van der Waals surface area contributed by atoms with E-state index in [9.17, 15) is 8.42 Å². The Morgan fingerprint density at radius 3 is 2.75 bits per heavy atom. The molecule has 0 heterocycles. The number of hydrogen-bond donors (Lipinski definition) is 3. The highest BCUT2D eigenvalue weighted by atomic mass is 32.2. The normalized spacial score (nSPS) is 25.8. The Balaban J connectivity index is 2.56. The van der Waals surface area contributed by atoms with E-state index in [1.165, 1.54) is 0 Å². The van der Waals surface area contributed by atoms with Crippen LogP contribution >= 0.6 is 12.2 Å². The quantitative estimate of drug-likeness (QED) is 0.602. The summed E-state index contributed by atoms with van der Waals surface area (Å²) in [6, 6.07) is -0.146. The van der Waals surface area contributed by atoms with Crippen LogP contribution in [0.1, 0.15) is 32.6 Å². The predicted molar refractivity (Wildman–Crippen MR) is 68.3 cm³/mol. The molecule has 0 aromatic carbocycles. The fraction of sp³-hybridized carbons (Fsp3) is 0.889. The lowest BCUT2D eigenvalue weighted by Crippen LogP contribution is -2.46. The van der Waals surface area contributed by atoms with Gasteiger partial charge in [-0.05, 0) is 19.3 Å². The molecule has 0 aromatic heterocycles. The minimum absolute atomic E-state index is 0.00629. The van der Waals surface area contributed by atoms with Gasteiger partial charge in [-0.2, -0.15) is 13.1 Å². The summed E-state index contributed by atoms with van der Waals surface area (Å²) in [5, 5.41) is 0. The molecule has 4 N–H and O–H groups in total. The Kier molecular flexibility index (Phi) is 5.10. The van der Waals surface area contributed by atoms with Crippen LogP contribution in [0.25, 0.3) is 0 Å². The highest BCUT2D eigenvalue weighted by Crippen LogP contribution is 2.26. The van der Waals surface area contributed by atoms with Crippen molar-refractivity contribution < 1.29 is 8.42 Å². The van der Waals surface area contributed by atoms with Crippen molar-refractivity contribution in [2.45, 2.75) is 38.6 Å². The first-order chi connectivity index (χ1) is 7.46. The average molecular weight is 265 g/mol. The van der Waals surface area contributed by atoms with Gasteiger partial charge in [0.15, 0.2) is 0 Å². The summed E-state index contributed by atoms with van der Waals surface area (Å²) < 4.78 is 28.3. The van der Waals surface area contributed by atoms with Gasteiger partial charge < -0.3 is 5.73 Å². The van der Waals surface area contributed by atoms with Gasteiger partial charge in [-0.15, -0.1) is 0 Å². The van der Waals surface area contributed by atoms with E-state index in [4.69, 9.17) is 18.0 Å². The van der Waals surface area contributed by atoms with E-state index < -0.39 is 10.2 Å². The Hall–Kier alpha value is -0.240. The minimum atomic E-state index is -3.41. The van der Waals surface area contributed by atoms with Crippen molar-refractivity contribution in [1.29, 1.82) is 0 Å². The molecule has 1 saturated carbocycles. The molecule has 0 amide bonds. The molecule has 0 aliphatic heterocycles. The third-order valence-corrected chi connectivity index (χ3v) is 4.23. The number of rotatable bonds is 6. The zero-order valence-corrected chi connectivity index (χ0v) is 11.0. The van der Waals surface area contributed by atoms with Crippen LogP contribution in [-0.4, -0.2) is 26.0 Å². The molecule has 0 spiro atoms. The maximum Gasteiger partial charge on any atom is 0.277 e. The summed E-state index contributed by atoms with van der Waals surface area (Å²) in [5.41, 5.74) is 5.58. The molecule has 5 nitrogen and oxygen atoms in total. The van der Waals surface area contributed by atoms with Crippen LogP contribution in [0.2, 0.25) is 0 Å². The monoisotopic (exact) mass is 265 g/mol. The van der Waals surface area contributed by atoms with Crippen LogP contribution in [0.3, 0.4) is 0 Å². The molecule has 0 aromatic rings. The second-order valence-electron chi connectivity index (χ2n) is 4.06. The molecular weight excluding hydrogens is 246 g/mol. The molecule has 0 radical (unpaired) electrons. The van der Waals surface area contributed by atoms with Crippen molar-refractivity contribution in [1.82, 2.24) is 9.44 Å². The molecule has 1 fully saturated rings. The van der Waals surface area contributed by atoms with Crippen molar-refractivity contribution in [2.24, 2.45) is 11.7 Å². The van der Waals surface area contributed by atoms with Gasteiger partial charge in [-0.3, -0.25) is 0 Å². The van der Waals surface area contributed by atoms with E-state index in [0.717, 1.165) is 25.7 Å². The van der Waals surface area contributed by atoms with Gasteiger partial charge in [0.2, 0.25) is 0 Å². The Bertz CT molecular complexity index is 343. The summed E-state index contributed by atoms with van der Waals surface area (Å²) in [6.45, 7) is 2.36. The number of nitrogens with two attached hydrogens (primary N) is 1. The van der Waals surface area contributed by atoms with E-state index >= 15 is 0 Å². The van der Waals surface area contributed by atoms with Crippen LogP contribution in [0.15, 0.2) is 0 Å². The van der Waals surface area contributed by atoms with Gasteiger partial charge in [0.05, 0.1) is 4.99 Å². The lowest BCUT2D eigenvalue weighted by Gasteiger charge is -2.19. The fourth-order valence-corrected chi connectivity index (χ4v) is 3.44. The average Bonchev–Trinajstić information content (AvgIpc) is 2.62. The van der Waals surface area contributed by atoms with Gasteiger partial charge in [0.25, 0.3) is 10.2 Å². The molecule has 2 atom stereocenters. The number of thiocarbonyl (C=S) groups is 1. The minimum Gasteiger partial charge on any atom is -0.393 e. The predicted octanol–water partition coefficient (Wildman–Crippen LogP) is 0.275. The lowest BCUT2D eigenvalue weighted by molar-refractivity contribution is 0.515. The molecule has 7 heteroatoms. The van der Waals surface area contributed by atoms with Crippen molar-refractivity contribution >= 4 is 27.4 Å². The van der Waals surface area contributed by atoms with E-state index in [1.54, 1.807) is 0 Å². The van der Waals surface area contributed by atoms with Crippen molar-refractivity contribution in [3.63, 3.8) is 0 Å². The largest absolute Gasteiger partial charge is 0.393 e. The molecule has 0 saturated heterocycles. The van der Waals surface area contributed by atoms with Gasteiger partial charge >= 0.3 is 0 Å². The summed E-state index contributed by atoms with van der Waals surface area (Å²) in [4.78, 5) is 0.403. The summed E-state index contributed by atoms with van der Waals surface area (Å²) in [5.74, 6) is -0.00629. The SMILES string of the molecule is CCCNS(=O)(=O)NC1CCCC1C(N)=S. The summed E-state index contributed by atoms with van der Waals surface area (Å²) >= 11 is 4.93. The van der Waals surface area contributed by atoms with Crippen molar-refractivity contribution in [3.8, 4) is 0 Å². The standard InChI is InChI=1S/C9H19N3O2S2/c1-2-6-11-16(13,14)12-8-5-3-4-7(8)9(10)15/h7-8,11-12H,2-6H2,1H3,(H2,10,15). The highest BCUT2D eigenvalue weighted by molar-refractivity contribution is 7.87. The Labute approximate surface area is 102 Å². The molecule has 0 bridgehead atoms. The van der Waals surface area contributed by atoms with Crippen LogP contribution in [0.5, 0.6) is 0 Å². The van der Waals surface area contributed by atoms with Gasteiger partial charge in [0.1, 0.15) is 0 Å². The zero-order chi connectivity index (χ0) is 12.2. The second-order valence-corrected chi connectivity index (χ2v) is 6.06. The fourth-order valence-electron chi connectivity index (χ4n) is 1.92. The maximum absolute atomic E-state index is 11.6. The van der Waals surface area contributed by atoms with Gasteiger partial charge in [0, 0.05) is 18.5 Å². The lowest BCUT2D eigenvalue weighted by atomic mass is 10.1. The topological polar surface area (TPSA) is 84.2 Å². The summed E-state index contributed by atoms with van der Waals surface area (Å²) in [7, 11) is -3.41. The first kappa shape index (κ1) is 13.8. The Morgan fingerprint density at radius 1 is 1.50 bits per heavy atom. The van der Waals surface area contributed by atoms with Gasteiger partial charge in [-0.25, -0.2) is 4.72 Å². The first-order valence-corrected chi connectivity index (χ1v) is 7.41. The van der Waals surface area contributed by atoms with Crippen molar-refractivity contribution in [3.05, 3.63) is 0 Å². The van der Waals surface area contributed by atoms with E-state index in [0.29, 0.717) is 11.5 Å². The molecule has 1 aliphatic rings. The number of nitrogens with one attached hydrogen (secondary N) is 2. The van der Waals surface area contributed by atoms with Crippen LogP contribution in [0.4, 0.5) is 0 Å². The molecule has 1 rings (SSSR count). The smallest absolute Gasteiger partial charge is 0.277 e. The third-order valence-electron chi connectivity index (χ3n) is 2.73. The first-order valence-electron chi connectivity index (χ1n) is 5.52. The van der Waals surface area contributed by atoms with E-state index in [2.05, 4.69) is 9.44 Å². The molecular formula is C9H19N3O2S2. The maximum atomic E-state index is 11.6. The van der Waals surface area contributed by atoms with Crippen LogP contribution < -0.4 is 15.2 Å². The molecule has 2 unspecified atom stereocenters. The van der Waals surface area contributed by atoms with Gasteiger partial charge in [-0.1, -0.05) is 25.6 Å². The van der Waals surface area contributed by atoms with E-state index in [1.807, 2.05) is 6.92 Å². The highest BCUT2D eigenvalue weighted by Gasteiger charge is 2.32. The zero-order valence-electron chi connectivity index (χ0n) is 9.40. The van der Waals surface area contributed by atoms with Crippen LogP contribution in [0, 0.1) is 5.92 Å². The van der Waals surface area contributed by atoms with Crippen molar-refractivity contribution in [2.75, 3.05) is 6.54 Å². The third kappa shape index (κ3) is 3.97. The molecule has 1 aliphatic carbocycles.